The zero-order valence-electron chi connectivity index (χ0n) is 9.29. The van der Waals surface area contributed by atoms with Gasteiger partial charge in [-0.25, -0.2) is 0 Å². The van der Waals surface area contributed by atoms with Crippen LogP contribution in [0.1, 0.15) is 32.1 Å². The maximum atomic E-state index is 11.4. The molecular formula is C11H18N2O3. The van der Waals surface area contributed by atoms with Crippen LogP contribution in [0.3, 0.4) is 0 Å². The second-order valence-corrected chi connectivity index (χ2v) is 4.84. The van der Waals surface area contributed by atoms with E-state index in [1.54, 1.807) is 0 Å². The maximum Gasteiger partial charge on any atom is 0.311 e. The average Bonchev–Trinajstić information content (AvgIpc) is 3.10. The molecule has 90 valence electrons. The highest BCUT2D eigenvalue weighted by molar-refractivity contribution is 5.80. The summed E-state index contributed by atoms with van der Waals surface area (Å²) in [5.74, 6) is -0.843. The number of nitrogens with one attached hydrogen (secondary N) is 2. The number of aliphatic carboxylic acids is 1. The topological polar surface area (TPSA) is 78.4 Å². The first-order valence-corrected chi connectivity index (χ1v) is 5.86. The summed E-state index contributed by atoms with van der Waals surface area (Å²) in [7, 11) is 0. The van der Waals surface area contributed by atoms with Gasteiger partial charge in [0.05, 0.1) is 5.41 Å². The maximum absolute atomic E-state index is 11.4. The lowest BCUT2D eigenvalue weighted by molar-refractivity contribution is -0.143. The Labute approximate surface area is 94.6 Å². The van der Waals surface area contributed by atoms with Crippen LogP contribution in [-0.2, 0) is 9.59 Å². The summed E-state index contributed by atoms with van der Waals surface area (Å²) in [5, 5.41) is 14.9. The van der Waals surface area contributed by atoms with E-state index in [1.165, 1.54) is 12.8 Å². The van der Waals surface area contributed by atoms with Crippen LogP contribution in [0.25, 0.3) is 0 Å². The highest BCUT2D eigenvalue weighted by atomic mass is 16.4. The minimum atomic E-state index is -0.788. The molecule has 0 atom stereocenters. The van der Waals surface area contributed by atoms with Gasteiger partial charge in [-0.2, -0.15) is 0 Å². The molecule has 3 N–H and O–H groups in total. The number of amides is 1. The zero-order valence-corrected chi connectivity index (χ0v) is 9.29. The Kier molecular flexibility index (Phi) is 3.14. The van der Waals surface area contributed by atoms with Gasteiger partial charge in [-0.1, -0.05) is 0 Å². The Morgan fingerprint density at radius 3 is 2.50 bits per heavy atom. The molecule has 5 nitrogen and oxygen atoms in total. The van der Waals surface area contributed by atoms with Gasteiger partial charge in [0.25, 0.3) is 0 Å². The predicted molar refractivity (Wildman–Crippen MR) is 58.0 cm³/mol. The van der Waals surface area contributed by atoms with E-state index in [2.05, 4.69) is 10.6 Å². The van der Waals surface area contributed by atoms with Crippen molar-refractivity contribution in [1.82, 2.24) is 10.6 Å². The standard InChI is InChI=1S/C11H18N2O3/c14-9(3-6-12-8-1-2-8)13-7-11(4-5-11)10(15)16/h8,12H,1-7H2,(H,13,14)(H,15,16). The number of rotatable bonds is 7. The van der Waals surface area contributed by atoms with Crippen LogP contribution in [0.5, 0.6) is 0 Å². The summed E-state index contributed by atoms with van der Waals surface area (Å²) in [5.41, 5.74) is -0.653. The fourth-order valence-corrected chi connectivity index (χ4v) is 1.65. The van der Waals surface area contributed by atoms with E-state index in [-0.39, 0.29) is 12.5 Å². The smallest absolute Gasteiger partial charge is 0.311 e. The van der Waals surface area contributed by atoms with Crippen LogP contribution in [0.2, 0.25) is 0 Å². The van der Waals surface area contributed by atoms with E-state index in [9.17, 15) is 9.59 Å². The van der Waals surface area contributed by atoms with Crippen LogP contribution < -0.4 is 10.6 Å². The first-order chi connectivity index (χ1) is 7.62. The number of hydrogen-bond donors (Lipinski definition) is 3. The monoisotopic (exact) mass is 226 g/mol. The molecule has 0 aromatic heterocycles. The van der Waals surface area contributed by atoms with Crippen molar-refractivity contribution in [3.63, 3.8) is 0 Å². The molecular weight excluding hydrogens is 208 g/mol. The molecule has 0 aliphatic heterocycles. The number of hydrogen-bond acceptors (Lipinski definition) is 3. The van der Waals surface area contributed by atoms with Gasteiger partial charge in [0.2, 0.25) is 5.91 Å². The lowest BCUT2D eigenvalue weighted by atomic mass is 10.1. The minimum absolute atomic E-state index is 0.0549. The molecule has 16 heavy (non-hydrogen) atoms. The van der Waals surface area contributed by atoms with Gasteiger partial charge in [0.1, 0.15) is 0 Å². The predicted octanol–water partition coefficient (Wildman–Crippen LogP) is 0.109. The molecule has 2 rings (SSSR count). The van der Waals surface area contributed by atoms with Gasteiger partial charge >= 0.3 is 5.97 Å². The van der Waals surface area contributed by atoms with Crippen LogP contribution in [0.15, 0.2) is 0 Å². The molecule has 2 aliphatic carbocycles. The summed E-state index contributed by atoms with van der Waals surface area (Å²) >= 11 is 0. The summed E-state index contributed by atoms with van der Waals surface area (Å²) in [4.78, 5) is 22.2. The molecule has 0 saturated heterocycles. The first-order valence-electron chi connectivity index (χ1n) is 5.86. The van der Waals surface area contributed by atoms with Gasteiger partial charge in [0, 0.05) is 25.6 Å². The third-order valence-corrected chi connectivity index (χ3v) is 3.29. The summed E-state index contributed by atoms with van der Waals surface area (Å²) in [6, 6.07) is 0.613. The third-order valence-electron chi connectivity index (χ3n) is 3.29. The van der Waals surface area contributed by atoms with E-state index in [4.69, 9.17) is 5.11 Å². The van der Waals surface area contributed by atoms with Gasteiger partial charge in [-0.05, 0) is 25.7 Å². The zero-order chi connectivity index (χ0) is 11.6. The second-order valence-electron chi connectivity index (χ2n) is 4.84. The molecule has 0 unspecified atom stereocenters. The van der Waals surface area contributed by atoms with Crippen molar-refractivity contribution < 1.29 is 14.7 Å². The van der Waals surface area contributed by atoms with Crippen molar-refractivity contribution in [3.8, 4) is 0 Å². The normalized spacial score (nSPS) is 21.5. The van der Waals surface area contributed by atoms with Crippen LogP contribution in [0.4, 0.5) is 0 Å². The van der Waals surface area contributed by atoms with Crippen molar-refractivity contribution in [2.45, 2.75) is 38.1 Å². The SMILES string of the molecule is O=C(CCNC1CC1)NCC1(C(=O)O)CC1. The molecule has 2 fully saturated rings. The summed E-state index contributed by atoms with van der Waals surface area (Å²) in [6.07, 6.45) is 4.23. The second kappa shape index (κ2) is 4.41. The van der Waals surface area contributed by atoms with Crippen molar-refractivity contribution in [2.75, 3.05) is 13.1 Å². The fourth-order valence-electron chi connectivity index (χ4n) is 1.65. The number of carboxylic acid groups (broad SMARTS) is 1. The number of carbonyl (C=O) groups excluding carboxylic acids is 1. The Balaban J connectivity index is 1.58. The number of carbonyl (C=O) groups is 2. The van der Waals surface area contributed by atoms with Crippen LogP contribution in [-0.4, -0.2) is 36.1 Å². The molecule has 2 aliphatic rings. The quantitative estimate of drug-likeness (QED) is 0.575. The molecule has 0 bridgehead atoms. The van der Waals surface area contributed by atoms with Crippen LogP contribution in [0, 0.1) is 5.41 Å². The molecule has 1 amide bonds. The Hall–Kier alpha value is -1.10. The number of carboxylic acids is 1. The van der Waals surface area contributed by atoms with Crippen molar-refractivity contribution >= 4 is 11.9 Å². The van der Waals surface area contributed by atoms with E-state index in [0.717, 1.165) is 0 Å². The molecule has 0 heterocycles. The largest absolute Gasteiger partial charge is 0.481 e. The molecule has 0 radical (unpaired) electrons. The minimum Gasteiger partial charge on any atom is -0.481 e. The third kappa shape index (κ3) is 2.95. The molecule has 2 saturated carbocycles. The van der Waals surface area contributed by atoms with Gasteiger partial charge in [-0.15, -0.1) is 0 Å². The average molecular weight is 226 g/mol. The van der Waals surface area contributed by atoms with E-state index in [0.29, 0.717) is 31.8 Å². The Morgan fingerprint density at radius 1 is 1.31 bits per heavy atom. The van der Waals surface area contributed by atoms with Crippen molar-refractivity contribution in [2.24, 2.45) is 5.41 Å². The lowest BCUT2D eigenvalue weighted by Crippen LogP contribution is -2.35. The summed E-state index contributed by atoms with van der Waals surface area (Å²) in [6.45, 7) is 0.973. The van der Waals surface area contributed by atoms with Crippen molar-refractivity contribution in [1.29, 1.82) is 0 Å². The van der Waals surface area contributed by atoms with Gasteiger partial charge < -0.3 is 15.7 Å². The molecule has 5 heteroatoms. The van der Waals surface area contributed by atoms with E-state index >= 15 is 0 Å². The summed E-state index contributed by atoms with van der Waals surface area (Å²) < 4.78 is 0. The Bertz CT molecular complexity index is 296. The van der Waals surface area contributed by atoms with Crippen LogP contribution >= 0.6 is 0 Å². The van der Waals surface area contributed by atoms with Gasteiger partial charge in [0.15, 0.2) is 0 Å². The lowest BCUT2D eigenvalue weighted by Gasteiger charge is -2.11. The van der Waals surface area contributed by atoms with E-state index in [1.807, 2.05) is 0 Å². The highest BCUT2D eigenvalue weighted by Crippen LogP contribution is 2.45. The Morgan fingerprint density at radius 2 is 2.00 bits per heavy atom. The van der Waals surface area contributed by atoms with Crippen molar-refractivity contribution in [3.05, 3.63) is 0 Å². The molecule has 0 aromatic rings. The first kappa shape index (κ1) is 11.4. The van der Waals surface area contributed by atoms with Gasteiger partial charge in [-0.3, -0.25) is 9.59 Å². The fraction of sp³-hybridized carbons (Fsp3) is 0.818. The molecule has 0 aromatic carbocycles. The molecule has 0 spiro atoms. The van der Waals surface area contributed by atoms with E-state index < -0.39 is 11.4 Å². The highest BCUT2D eigenvalue weighted by Gasteiger charge is 2.50.